The quantitative estimate of drug-likeness (QED) is 0.869. The fourth-order valence-electron chi connectivity index (χ4n) is 3.03. The van der Waals surface area contributed by atoms with Gasteiger partial charge in [0, 0.05) is 11.5 Å². The third kappa shape index (κ3) is 2.83. The minimum Gasteiger partial charge on any atom is -0.494 e. The van der Waals surface area contributed by atoms with Crippen molar-refractivity contribution < 1.29 is 9.13 Å². The van der Waals surface area contributed by atoms with Gasteiger partial charge in [0.05, 0.1) is 6.61 Å². The van der Waals surface area contributed by atoms with E-state index in [1.165, 1.54) is 31.7 Å². The van der Waals surface area contributed by atoms with Gasteiger partial charge in [0.2, 0.25) is 0 Å². The molecule has 2 N–H and O–H groups in total. The first-order valence-corrected chi connectivity index (χ1v) is 6.88. The first-order valence-electron chi connectivity index (χ1n) is 6.88. The second kappa shape index (κ2) is 6.19. The molecule has 1 aliphatic carbocycles. The lowest BCUT2D eigenvalue weighted by Crippen LogP contribution is -2.20. The van der Waals surface area contributed by atoms with Crippen LogP contribution in [-0.2, 0) is 0 Å². The first-order chi connectivity index (χ1) is 8.76. The summed E-state index contributed by atoms with van der Waals surface area (Å²) < 4.78 is 19.1. The first kappa shape index (κ1) is 13.3. The highest BCUT2D eigenvalue weighted by Crippen LogP contribution is 2.40. The highest BCUT2D eigenvalue weighted by Gasteiger charge is 2.27. The molecule has 1 aliphatic rings. The van der Waals surface area contributed by atoms with Crippen molar-refractivity contribution in [2.45, 2.75) is 38.5 Å². The molecule has 0 spiro atoms. The summed E-state index contributed by atoms with van der Waals surface area (Å²) in [7, 11) is 0. The van der Waals surface area contributed by atoms with Crippen LogP contribution in [0, 0.1) is 11.7 Å². The molecule has 0 amide bonds. The Morgan fingerprint density at radius 2 is 2.11 bits per heavy atom. The lowest BCUT2D eigenvalue weighted by molar-refractivity contribution is 0.326. The molecule has 0 heterocycles. The Bertz CT molecular complexity index is 388. The Balaban J connectivity index is 2.29. The van der Waals surface area contributed by atoms with Crippen molar-refractivity contribution in [2.75, 3.05) is 13.2 Å². The molecular formula is C15H22FNO. The molecule has 0 saturated heterocycles. The number of nitrogens with two attached hydrogens (primary N) is 1. The van der Waals surface area contributed by atoms with E-state index in [1.54, 1.807) is 12.1 Å². The van der Waals surface area contributed by atoms with Gasteiger partial charge in [-0.05, 0) is 50.4 Å². The predicted octanol–water partition coefficient (Wildman–Crippen LogP) is 3.46. The van der Waals surface area contributed by atoms with Crippen molar-refractivity contribution in [2.24, 2.45) is 11.7 Å². The van der Waals surface area contributed by atoms with Gasteiger partial charge in [-0.3, -0.25) is 0 Å². The number of hydrogen-bond acceptors (Lipinski definition) is 2. The monoisotopic (exact) mass is 251 g/mol. The lowest BCUT2D eigenvalue weighted by Gasteiger charge is -2.24. The zero-order valence-electron chi connectivity index (χ0n) is 11.0. The van der Waals surface area contributed by atoms with Crippen molar-refractivity contribution >= 4 is 0 Å². The molecule has 1 atom stereocenters. The van der Waals surface area contributed by atoms with E-state index in [2.05, 4.69) is 0 Å². The summed E-state index contributed by atoms with van der Waals surface area (Å²) in [5.74, 6) is 1.40. The number of halogens is 1. The molecular weight excluding hydrogens is 229 g/mol. The summed E-state index contributed by atoms with van der Waals surface area (Å²) >= 11 is 0. The van der Waals surface area contributed by atoms with Crippen LogP contribution in [0.1, 0.15) is 44.1 Å². The van der Waals surface area contributed by atoms with Gasteiger partial charge in [-0.1, -0.05) is 12.8 Å². The molecule has 1 aromatic carbocycles. The molecule has 1 fully saturated rings. The maximum Gasteiger partial charge on any atom is 0.123 e. The van der Waals surface area contributed by atoms with Gasteiger partial charge in [0.1, 0.15) is 11.6 Å². The molecule has 0 aliphatic heterocycles. The van der Waals surface area contributed by atoms with Crippen molar-refractivity contribution in [1.29, 1.82) is 0 Å². The molecule has 2 nitrogen and oxygen atoms in total. The number of rotatable bonds is 5. The minimum atomic E-state index is -0.204. The summed E-state index contributed by atoms with van der Waals surface area (Å²) in [4.78, 5) is 0. The summed E-state index contributed by atoms with van der Waals surface area (Å²) in [6.07, 6.45) is 4.93. The Hall–Kier alpha value is -1.09. The number of hydrogen-bond donors (Lipinski definition) is 1. The van der Waals surface area contributed by atoms with Crippen LogP contribution >= 0.6 is 0 Å². The second-order valence-electron chi connectivity index (χ2n) is 5.00. The molecule has 18 heavy (non-hydrogen) atoms. The van der Waals surface area contributed by atoms with Crippen LogP contribution in [0.15, 0.2) is 18.2 Å². The third-order valence-electron chi connectivity index (χ3n) is 3.89. The fourth-order valence-corrected chi connectivity index (χ4v) is 3.03. The van der Waals surface area contributed by atoms with Crippen LogP contribution in [0.4, 0.5) is 4.39 Å². The highest BCUT2D eigenvalue weighted by atomic mass is 19.1. The van der Waals surface area contributed by atoms with Gasteiger partial charge in [0.15, 0.2) is 0 Å². The number of benzene rings is 1. The second-order valence-corrected chi connectivity index (χ2v) is 5.00. The average molecular weight is 251 g/mol. The van der Waals surface area contributed by atoms with E-state index >= 15 is 0 Å². The lowest BCUT2D eigenvalue weighted by atomic mass is 9.84. The van der Waals surface area contributed by atoms with Crippen LogP contribution < -0.4 is 10.5 Å². The third-order valence-corrected chi connectivity index (χ3v) is 3.89. The molecule has 2 rings (SSSR count). The fraction of sp³-hybridized carbons (Fsp3) is 0.600. The van der Waals surface area contributed by atoms with Crippen LogP contribution in [-0.4, -0.2) is 13.2 Å². The Morgan fingerprint density at radius 3 is 2.72 bits per heavy atom. The minimum absolute atomic E-state index is 0.204. The Kier molecular flexibility index (Phi) is 4.59. The maximum absolute atomic E-state index is 13.5. The summed E-state index contributed by atoms with van der Waals surface area (Å²) in [6.45, 7) is 3.11. The molecule has 1 aromatic rings. The molecule has 1 unspecified atom stereocenters. The van der Waals surface area contributed by atoms with Gasteiger partial charge < -0.3 is 10.5 Å². The van der Waals surface area contributed by atoms with Crippen molar-refractivity contribution in [3.63, 3.8) is 0 Å². The summed E-state index contributed by atoms with van der Waals surface area (Å²) in [5.41, 5.74) is 6.87. The van der Waals surface area contributed by atoms with Crippen LogP contribution in [0.3, 0.4) is 0 Å². The molecule has 0 radical (unpaired) electrons. The number of ether oxygens (including phenoxy) is 1. The van der Waals surface area contributed by atoms with Gasteiger partial charge in [-0.15, -0.1) is 0 Å². The topological polar surface area (TPSA) is 35.2 Å². The van der Waals surface area contributed by atoms with E-state index in [1.807, 2.05) is 6.92 Å². The normalized spacial score (nSPS) is 17.9. The molecule has 0 bridgehead atoms. The van der Waals surface area contributed by atoms with Gasteiger partial charge in [-0.25, -0.2) is 4.39 Å². The standard InChI is InChI=1S/C15H22FNO/c1-2-18-15-8-7-12(16)9-13(15)14(10-17)11-5-3-4-6-11/h7-9,11,14H,2-6,10,17H2,1H3. The zero-order valence-corrected chi connectivity index (χ0v) is 11.0. The molecule has 3 heteroatoms. The van der Waals surface area contributed by atoms with Gasteiger partial charge >= 0.3 is 0 Å². The average Bonchev–Trinajstić information content (AvgIpc) is 2.87. The molecule has 0 aromatic heterocycles. The van der Waals surface area contributed by atoms with Crippen molar-refractivity contribution in [3.05, 3.63) is 29.6 Å². The van der Waals surface area contributed by atoms with E-state index < -0.39 is 0 Å². The largest absolute Gasteiger partial charge is 0.494 e. The van der Waals surface area contributed by atoms with E-state index in [-0.39, 0.29) is 11.7 Å². The maximum atomic E-state index is 13.5. The molecule has 1 saturated carbocycles. The van der Waals surface area contributed by atoms with Crippen LogP contribution in [0.25, 0.3) is 0 Å². The van der Waals surface area contributed by atoms with E-state index in [0.29, 0.717) is 19.1 Å². The van der Waals surface area contributed by atoms with Crippen LogP contribution in [0.5, 0.6) is 5.75 Å². The predicted molar refractivity (Wildman–Crippen MR) is 71.3 cm³/mol. The molecule has 100 valence electrons. The van der Waals surface area contributed by atoms with E-state index in [0.717, 1.165) is 11.3 Å². The van der Waals surface area contributed by atoms with Crippen molar-refractivity contribution in [3.8, 4) is 5.75 Å². The van der Waals surface area contributed by atoms with Crippen molar-refractivity contribution in [1.82, 2.24) is 0 Å². The van der Waals surface area contributed by atoms with E-state index in [9.17, 15) is 4.39 Å². The summed E-state index contributed by atoms with van der Waals surface area (Å²) in [5, 5.41) is 0. The van der Waals surface area contributed by atoms with Gasteiger partial charge in [0.25, 0.3) is 0 Å². The zero-order chi connectivity index (χ0) is 13.0. The smallest absolute Gasteiger partial charge is 0.123 e. The van der Waals surface area contributed by atoms with E-state index in [4.69, 9.17) is 10.5 Å². The SMILES string of the molecule is CCOc1ccc(F)cc1C(CN)C1CCCC1. The highest BCUT2D eigenvalue weighted by molar-refractivity contribution is 5.37. The summed E-state index contributed by atoms with van der Waals surface area (Å²) in [6, 6.07) is 4.78. The van der Waals surface area contributed by atoms with Gasteiger partial charge in [-0.2, -0.15) is 0 Å². The Morgan fingerprint density at radius 1 is 1.39 bits per heavy atom. The Labute approximate surface area is 108 Å². The van der Waals surface area contributed by atoms with Crippen LogP contribution in [0.2, 0.25) is 0 Å².